The van der Waals surface area contributed by atoms with Crippen molar-refractivity contribution in [2.24, 2.45) is 0 Å². The first-order chi connectivity index (χ1) is 8.24. The van der Waals surface area contributed by atoms with Crippen LogP contribution in [-0.4, -0.2) is 49.6 Å². The number of hydrogen-bond acceptors (Lipinski definition) is 2. The Morgan fingerprint density at radius 2 is 1.94 bits per heavy atom. The van der Waals surface area contributed by atoms with Gasteiger partial charge in [-0.1, -0.05) is 23.7 Å². The van der Waals surface area contributed by atoms with E-state index in [0.717, 1.165) is 11.4 Å². The van der Waals surface area contributed by atoms with Gasteiger partial charge in [-0.3, -0.25) is 0 Å². The van der Waals surface area contributed by atoms with Crippen molar-refractivity contribution in [2.75, 3.05) is 39.8 Å². The third-order valence-electron chi connectivity index (χ3n) is 3.42. The summed E-state index contributed by atoms with van der Waals surface area (Å²) in [5.41, 5.74) is 1.35. The number of aryl methyl sites for hydroxylation is 1. The average Bonchev–Trinajstić information content (AvgIpc) is 2.32. The van der Waals surface area contributed by atoms with E-state index in [1.54, 1.807) is 0 Å². The van der Waals surface area contributed by atoms with Gasteiger partial charge in [0.1, 0.15) is 0 Å². The first-order valence-corrected chi connectivity index (χ1v) is 6.77. The summed E-state index contributed by atoms with van der Waals surface area (Å²) in [6, 6.07) is 8.21. The van der Waals surface area contributed by atoms with Crippen molar-refractivity contribution < 1.29 is 0 Å². The van der Waals surface area contributed by atoms with E-state index in [1.165, 1.54) is 44.7 Å². The van der Waals surface area contributed by atoms with Crippen LogP contribution < -0.4 is 0 Å². The standard InChI is InChI=1S/C14H21ClN2/c1-16-8-10-17(11-9-16)7-3-5-13-4-2-6-14(15)12-13/h2,4,6,12H,3,5,7-11H2,1H3. The summed E-state index contributed by atoms with van der Waals surface area (Å²) in [5, 5.41) is 0.849. The van der Waals surface area contributed by atoms with Crippen molar-refractivity contribution in [1.82, 2.24) is 9.80 Å². The molecule has 0 amide bonds. The van der Waals surface area contributed by atoms with Crippen molar-refractivity contribution in [3.63, 3.8) is 0 Å². The molecule has 1 fully saturated rings. The minimum atomic E-state index is 0.849. The normalized spacial score (nSPS) is 18.5. The molecule has 1 aromatic carbocycles. The molecule has 0 spiro atoms. The lowest BCUT2D eigenvalue weighted by Crippen LogP contribution is -2.44. The minimum absolute atomic E-state index is 0.849. The summed E-state index contributed by atoms with van der Waals surface area (Å²) in [4.78, 5) is 4.96. The molecule has 1 heterocycles. The molecule has 0 aliphatic carbocycles. The molecular formula is C14H21ClN2. The molecule has 1 aliphatic heterocycles. The fourth-order valence-electron chi connectivity index (χ4n) is 2.27. The Bertz CT molecular complexity index is 346. The highest BCUT2D eigenvalue weighted by Crippen LogP contribution is 2.12. The van der Waals surface area contributed by atoms with E-state index in [2.05, 4.69) is 29.0 Å². The monoisotopic (exact) mass is 252 g/mol. The number of halogens is 1. The number of hydrogen-bond donors (Lipinski definition) is 0. The fourth-order valence-corrected chi connectivity index (χ4v) is 2.48. The Labute approximate surface area is 109 Å². The smallest absolute Gasteiger partial charge is 0.0408 e. The van der Waals surface area contributed by atoms with E-state index >= 15 is 0 Å². The molecule has 0 saturated carbocycles. The lowest BCUT2D eigenvalue weighted by molar-refractivity contribution is 0.153. The van der Waals surface area contributed by atoms with E-state index < -0.39 is 0 Å². The summed E-state index contributed by atoms with van der Waals surface area (Å²) in [5.74, 6) is 0. The van der Waals surface area contributed by atoms with Gasteiger partial charge in [0.2, 0.25) is 0 Å². The second-order valence-electron chi connectivity index (χ2n) is 4.88. The van der Waals surface area contributed by atoms with Crippen molar-refractivity contribution >= 4 is 11.6 Å². The van der Waals surface area contributed by atoms with Gasteiger partial charge in [0.25, 0.3) is 0 Å². The second-order valence-corrected chi connectivity index (χ2v) is 5.31. The lowest BCUT2D eigenvalue weighted by Gasteiger charge is -2.32. The van der Waals surface area contributed by atoms with Gasteiger partial charge in [0.15, 0.2) is 0 Å². The van der Waals surface area contributed by atoms with Crippen molar-refractivity contribution in [3.05, 3.63) is 34.9 Å². The van der Waals surface area contributed by atoms with Crippen LogP contribution in [0.25, 0.3) is 0 Å². The third kappa shape index (κ3) is 4.30. The summed E-state index contributed by atoms with van der Waals surface area (Å²) in [7, 11) is 2.20. The van der Waals surface area contributed by atoms with Crippen LogP contribution in [0.2, 0.25) is 5.02 Å². The van der Waals surface area contributed by atoms with Gasteiger partial charge in [0.05, 0.1) is 0 Å². The van der Waals surface area contributed by atoms with Gasteiger partial charge in [-0.2, -0.15) is 0 Å². The van der Waals surface area contributed by atoms with Crippen LogP contribution in [0.5, 0.6) is 0 Å². The summed E-state index contributed by atoms with van der Waals surface area (Å²) < 4.78 is 0. The molecule has 0 unspecified atom stereocenters. The van der Waals surface area contributed by atoms with Crippen LogP contribution in [0.15, 0.2) is 24.3 Å². The summed E-state index contributed by atoms with van der Waals surface area (Å²) in [6.45, 7) is 6.05. The molecule has 3 heteroatoms. The van der Waals surface area contributed by atoms with Crippen LogP contribution in [0.4, 0.5) is 0 Å². The third-order valence-corrected chi connectivity index (χ3v) is 3.66. The maximum atomic E-state index is 5.97. The van der Waals surface area contributed by atoms with E-state index in [1.807, 2.05) is 12.1 Å². The Hall–Kier alpha value is -0.570. The molecule has 0 bridgehead atoms. The fraction of sp³-hybridized carbons (Fsp3) is 0.571. The highest BCUT2D eigenvalue weighted by Gasteiger charge is 2.12. The molecule has 17 heavy (non-hydrogen) atoms. The van der Waals surface area contributed by atoms with Crippen molar-refractivity contribution in [2.45, 2.75) is 12.8 Å². The van der Waals surface area contributed by atoms with Gasteiger partial charge < -0.3 is 9.80 Å². The number of piperazine rings is 1. The molecule has 94 valence electrons. The van der Waals surface area contributed by atoms with E-state index in [0.29, 0.717) is 0 Å². The van der Waals surface area contributed by atoms with Crippen LogP contribution in [0.1, 0.15) is 12.0 Å². The molecule has 2 rings (SSSR count). The van der Waals surface area contributed by atoms with Crippen LogP contribution in [-0.2, 0) is 6.42 Å². The van der Waals surface area contributed by atoms with Gasteiger partial charge in [0, 0.05) is 31.2 Å². The SMILES string of the molecule is CN1CCN(CCCc2cccc(Cl)c2)CC1. The molecular weight excluding hydrogens is 232 g/mol. The lowest BCUT2D eigenvalue weighted by atomic mass is 10.1. The largest absolute Gasteiger partial charge is 0.304 e. The molecule has 0 aromatic heterocycles. The first kappa shape index (κ1) is 12.9. The van der Waals surface area contributed by atoms with Gasteiger partial charge in [-0.15, -0.1) is 0 Å². The predicted molar refractivity (Wildman–Crippen MR) is 73.7 cm³/mol. The topological polar surface area (TPSA) is 6.48 Å². The number of nitrogens with zero attached hydrogens (tertiary/aromatic N) is 2. The predicted octanol–water partition coefficient (Wildman–Crippen LogP) is 2.52. The van der Waals surface area contributed by atoms with Gasteiger partial charge >= 0.3 is 0 Å². The minimum Gasteiger partial charge on any atom is -0.304 e. The van der Waals surface area contributed by atoms with Crippen molar-refractivity contribution in [1.29, 1.82) is 0 Å². The quantitative estimate of drug-likeness (QED) is 0.813. The van der Waals surface area contributed by atoms with E-state index in [9.17, 15) is 0 Å². The zero-order chi connectivity index (χ0) is 12.1. The average molecular weight is 253 g/mol. The maximum Gasteiger partial charge on any atom is 0.0408 e. The summed E-state index contributed by atoms with van der Waals surface area (Å²) in [6.07, 6.45) is 2.36. The van der Waals surface area contributed by atoms with E-state index in [4.69, 9.17) is 11.6 Å². The number of benzene rings is 1. The molecule has 0 atom stereocenters. The van der Waals surface area contributed by atoms with Gasteiger partial charge in [-0.05, 0) is 44.1 Å². The van der Waals surface area contributed by atoms with Crippen LogP contribution in [0.3, 0.4) is 0 Å². The number of rotatable bonds is 4. The second kappa shape index (κ2) is 6.39. The molecule has 1 aromatic rings. The zero-order valence-corrected chi connectivity index (χ0v) is 11.3. The Morgan fingerprint density at radius 1 is 1.18 bits per heavy atom. The highest BCUT2D eigenvalue weighted by atomic mass is 35.5. The van der Waals surface area contributed by atoms with Gasteiger partial charge in [-0.25, -0.2) is 0 Å². The zero-order valence-electron chi connectivity index (χ0n) is 10.5. The molecule has 0 N–H and O–H groups in total. The Kier molecular flexibility index (Phi) is 4.84. The molecule has 1 aliphatic rings. The Balaban J connectivity index is 1.69. The van der Waals surface area contributed by atoms with Crippen LogP contribution in [0, 0.1) is 0 Å². The van der Waals surface area contributed by atoms with E-state index in [-0.39, 0.29) is 0 Å². The molecule has 2 nitrogen and oxygen atoms in total. The first-order valence-electron chi connectivity index (χ1n) is 6.39. The van der Waals surface area contributed by atoms with Crippen molar-refractivity contribution in [3.8, 4) is 0 Å². The van der Waals surface area contributed by atoms with Crippen LogP contribution >= 0.6 is 11.6 Å². The highest BCUT2D eigenvalue weighted by molar-refractivity contribution is 6.30. The Morgan fingerprint density at radius 3 is 2.65 bits per heavy atom. The molecule has 1 saturated heterocycles. The summed E-state index contributed by atoms with van der Waals surface area (Å²) >= 11 is 5.97. The molecule has 0 radical (unpaired) electrons. The number of likely N-dealkylation sites (N-methyl/N-ethyl adjacent to an activating group) is 1. The maximum absolute atomic E-state index is 5.97.